The van der Waals surface area contributed by atoms with Crippen LogP contribution in [0.15, 0.2) is 144 Å². The second kappa shape index (κ2) is 18.8. The molecule has 63 heavy (non-hydrogen) atoms. The van der Waals surface area contributed by atoms with E-state index in [1.807, 2.05) is 30.3 Å². The van der Waals surface area contributed by atoms with E-state index in [4.69, 9.17) is 14.7 Å². The van der Waals surface area contributed by atoms with Crippen LogP contribution in [-0.2, 0) is 26.5 Å². The molecule has 1 atom stereocenters. The Morgan fingerprint density at radius 3 is 2.11 bits per heavy atom. The van der Waals surface area contributed by atoms with Gasteiger partial charge in [0, 0.05) is 28.5 Å². The number of hydrogen-bond acceptors (Lipinski definition) is 3. The topological polar surface area (TPSA) is 43.4 Å². The predicted octanol–water partition coefficient (Wildman–Crippen LogP) is 16.0. The summed E-state index contributed by atoms with van der Waals surface area (Å²) in [6.45, 7) is 16.5. The van der Waals surface area contributed by atoms with Gasteiger partial charge < -0.3 is 19.6 Å². The van der Waals surface area contributed by atoms with Gasteiger partial charge in [-0.3, -0.25) is 0 Å². The van der Waals surface area contributed by atoms with E-state index >= 15 is 0 Å². The summed E-state index contributed by atoms with van der Waals surface area (Å²) in [4.78, 5) is 7.21. The molecule has 0 amide bonds. The minimum absolute atomic E-state index is 0. The van der Waals surface area contributed by atoms with Gasteiger partial charge in [-0.15, -0.1) is 47.6 Å². The molecule has 0 saturated heterocycles. The summed E-state index contributed by atoms with van der Waals surface area (Å²) in [5.41, 5.74) is 15.1. The molecule has 320 valence electrons. The van der Waals surface area contributed by atoms with Crippen molar-refractivity contribution in [2.24, 2.45) is 5.92 Å². The Morgan fingerprint density at radius 1 is 0.730 bits per heavy atom. The molecule has 10 rings (SSSR count). The number of hydrogen-bond donors (Lipinski definition) is 0. The van der Waals surface area contributed by atoms with Crippen molar-refractivity contribution >= 4 is 52.3 Å². The van der Waals surface area contributed by atoms with Crippen LogP contribution in [0.5, 0.6) is 0 Å². The maximum absolute atomic E-state index is 6.12. The Bertz CT molecular complexity index is 2790. The first kappa shape index (κ1) is 44.3. The number of nitrogens with zero attached hydrogens (tertiary/aromatic N) is 3. The minimum Gasteiger partial charge on any atom is -0.661 e. The Kier molecular flexibility index (Phi) is 13.3. The van der Waals surface area contributed by atoms with Crippen molar-refractivity contribution in [2.75, 3.05) is 4.90 Å². The molecule has 1 fully saturated rings. The van der Waals surface area contributed by atoms with Crippen LogP contribution < -0.4 is 10.1 Å². The maximum atomic E-state index is 6.12. The number of benzene rings is 6. The Balaban J connectivity index is 0.000000201. The molecule has 3 heterocycles. The second-order valence-corrected chi connectivity index (χ2v) is 24.0. The van der Waals surface area contributed by atoms with Crippen molar-refractivity contribution in [1.82, 2.24) is 4.98 Å². The predicted molar refractivity (Wildman–Crippen MR) is 264 cm³/mol. The molecule has 6 aromatic carbocycles. The number of rotatable bonds is 9. The smallest absolute Gasteiger partial charge is 0.661 e. The molecule has 0 radical (unpaired) electrons. The molecule has 4 nitrogen and oxygen atoms in total. The first-order valence-corrected chi connectivity index (χ1v) is 26.1. The zero-order chi connectivity index (χ0) is 43.0. The van der Waals surface area contributed by atoms with Gasteiger partial charge in [0.2, 0.25) is 0 Å². The largest absolute Gasteiger partial charge is 3.00 e. The Labute approximate surface area is 389 Å². The number of furan rings is 1. The van der Waals surface area contributed by atoms with Gasteiger partial charge in [0.25, 0.3) is 0 Å². The average molecular weight is 1020 g/mol. The number of anilines is 2. The number of aromatic nitrogens is 1. The molecule has 0 spiro atoms. The fraction of sp³-hybridized carbons (Fsp3) is 0.281. The van der Waals surface area contributed by atoms with E-state index in [9.17, 15) is 0 Å². The first-order chi connectivity index (χ1) is 30.0. The van der Waals surface area contributed by atoms with Crippen molar-refractivity contribution in [3.63, 3.8) is 0 Å². The molecule has 0 bridgehead atoms. The molecule has 1 unspecified atom stereocenters. The Hall–Kier alpha value is -5.26. The Morgan fingerprint density at radius 2 is 1.41 bits per heavy atom. The van der Waals surface area contributed by atoms with Crippen LogP contribution in [0.4, 0.5) is 17.1 Å². The third kappa shape index (κ3) is 9.23. The van der Waals surface area contributed by atoms with E-state index in [1.165, 1.54) is 60.0 Å². The maximum Gasteiger partial charge on any atom is 3.00 e. The molecule has 2 aliphatic rings. The van der Waals surface area contributed by atoms with Crippen LogP contribution in [0.1, 0.15) is 93.6 Å². The second-order valence-electron chi connectivity index (χ2n) is 18.9. The molecule has 1 aliphatic carbocycles. The van der Waals surface area contributed by atoms with E-state index in [0.717, 1.165) is 56.1 Å². The number of fused-ring (bicyclic) bond motifs is 4. The fourth-order valence-corrected chi connectivity index (χ4v) is 11.2. The van der Waals surface area contributed by atoms with Gasteiger partial charge in [-0.1, -0.05) is 157 Å². The molecule has 1 saturated carbocycles. The van der Waals surface area contributed by atoms with E-state index in [0.29, 0.717) is 11.8 Å². The molecule has 8 aromatic rings. The monoisotopic (exact) mass is 1020 g/mol. The van der Waals surface area contributed by atoms with Gasteiger partial charge in [-0.05, 0) is 87.7 Å². The van der Waals surface area contributed by atoms with Crippen molar-refractivity contribution in [3.05, 3.63) is 179 Å². The average Bonchev–Trinajstić information content (AvgIpc) is 4.04. The summed E-state index contributed by atoms with van der Waals surface area (Å²) < 4.78 is 6.12. The number of pyridine rings is 1. The van der Waals surface area contributed by atoms with Gasteiger partial charge in [0.1, 0.15) is 5.58 Å². The summed E-state index contributed by atoms with van der Waals surface area (Å²) in [7, 11) is -1.35. The summed E-state index contributed by atoms with van der Waals surface area (Å²) in [5.74, 6) is 1.54. The summed E-state index contributed by atoms with van der Waals surface area (Å²) in [6.07, 6.45) is 8.80. The molecular weight excluding hydrogens is 963 g/mol. The van der Waals surface area contributed by atoms with Crippen LogP contribution in [0.25, 0.3) is 49.6 Å². The van der Waals surface area contributed by atoms with Gasteiger partial charge in [-0.25, -0.2) is 0 Å². The first-order valence-electron chi connectivity index (χ1n) is 22.6. The molecule has 6 heteroatoms. The van der Waals surface area contributed by atoms with Crippen LogP contribution in [-0.4, -0.2) is 13.1 Å². The zero-order valence-corrected chi connectivity index (χ0v) is 41.1. The van der Waals surface area contributed by atoms with Crippen LogP contribution in [0.3, 0.4) is 0 Å². The third-order valence-corrected chi connectivity index (χ3v) is 14.9. The van der Waals surface area contributed by atoms with E-state index in [-0.39, 0.29) is 26.3 Å². The quantitative estimate of drug-likeness (QED) is 0.107. The van der Waals surface area contributed by atoms with Gasteiger partial charge in [0.15, 0.2) is 0 Å². The van der Waals surface area contributed by atoms with Crippen LogP contribution >= 0.6 is 0 Å². The van der Waals surface area contributed by atoms with E-state index in [1.54, 1.807) is 10.8 Å². The molecular formula is C57H58IrN3OSi. The third-order valence-electron chi connectivity index (χ3n) is 12.8. The summed E-state index contributed by atoms with van der Waals surface area (Å²) in [6, 6.07) is 53.8. The zero-order valence-electron chi connectivity index (χ0n) is 37.7. The SMILES string of the molecule is CC(C)c1cc(-c2ccccc2)cc(C(C)C)c1N1c2ccccc2[N-]C1c1[c-]cc2oc3ccccc3c2c1.C[Si](C)(C)c1cnc(-c2[c-]cccc2)cc1CC1CCCC1.[Ir+3]. The van der Waals surface area contributed by atoms with Gasteiger partial charge in [-0.2, -0.15) is 17.7 Å². The standard InChI is InChI=1S/C37H32N2O.C20H26NSi.Ir/c1-23(2)29-21-27(25-12-6-5-7-13-25)22-30(24(3)4)36(29)39-33-16-10-9-15-32(33)38-37(39)26-18-19-35-31(20-26)28-14-8-11-17-34(28)40-35;1-22(2,3)20-15-21-19(17-11-5-4-6-12-17)14-18(20)13-16-9-7-8-10-16;/h5-17,19-24,37H,1-4H3;4-6,11,14-16H,7-10,13H2,1-3H3;/q-2;-1;+3. The van der Waals surface area contributed by atoms with Gasteiger partial charge in [0.05, 0.1) is 8.07 Å². The summed E-state index contributed by atoms with van der Waals surface area (Å²) in [5, 5.41) is 9.06. The van der Waals surface area contributed by atoms with Crippen molar-refractivity contribution in [3.8, 4) is 22.4 Å². The fourth-order valence-electron chi connectivity index (χ4n) is 9.59. The van der Waals surface area contributed by atoms with Crippen LogP contribution in [0.2, 0.25) is 19.6 Å². The summed E-state index contributed by atoms with van der Waals surface area (Å²) >= 11 is 0. The number of para-hydroxylation sites is 3. The molecule has 1 aliphatic heterocycles. The van der Waals surface area contributed by atoms with Crippen molar-refractivity contribution in [2.45, 2.75) is 97.4 Å². The van der Waals surface area contributed by atoms with Gasteiger partial charge >= 0.3 is 20.1 Å². The van der Waals surface area contributed by atoms with Crippen molar-refractivity contribution in [1.29, 1.82) is 0 Å². The molecule has 0 N–H and O–H groups in total. The normalized spacial score (nSPS) is 15.1. The van der Waals surface area contributed by atoms with Crippen molar-refractivity contribution < 1.29 is 24.5 Å². The van der Waals surface area contributed by atoms with E-state index < -0.39 is 8.07 Å². The van der Waals surface area contributed by atoms with Crippen LogP contribution in [0, 0.1) is 18.1 Å². The minimum atomic E-state index is -1.35. The van der Waals surface area contributed by atoms with E-state index in [2.05, 4.69) is 174 Å². The molecule has 2 aromatic heterocycles.